The quantitative estimate of drug-likeness (QED) is 0.845. The summed E-state index contributed by atoms with van der Waals surface area (Å²) >= 11 is 12.1. The van der Waals surface area contributed by atoms with Crippen LogP contribution in [0.2, 0.25) is 10.0 Å². The summed E-state index contributed by atoms with van der Waals surface area (Å²) in [5, 5.41) is 4.35. The van der Waals surface area contributed by atoms with Crippen LogP contribution in [0.5, 0.6) is 5.75 Å². The smallest absolute Gasteiger partial charge is 0.223 e. The summed E-state index contributed by atoms with van der Waals surface area (Å²) < 4.78 is 5.66. The van der Waals surface area contributed by atoms with E-state index in [4.69, 9.17) is 27.9 Å². The monoisotopic (exact) mass is 328 g/mol. The van der Waals surface area contributed by atoms with Crippen molar-refractivity contribution in [1.29, 1.82) is 0 Å². The molecule has 21 heavy (non-hydrogen) atoms. The highest BCUT2D eigenvalue weighted by Crippen LogP contribution is 2.36. The van der Waals surface area contributed by atoms with Crippen LogP contribution in [0.25, 0.3) is 6.08 Å². The number of ether oxygens (including phenoxy) is 1. The lowest BCUT2D eigenvalue weighted by atomic mass is 10.1. The van der Waals surface area contributed by atoms with Gasteiger partial charge >= 0.3 is 0 Å². The highest BCUT2D eigenvalue weighted by atomic mass is 35.5. The molecule has 0 aliphatic carbocycles. The van der Waals surface area contributed by atoms with Crippen LogP contribution in [0.15, 0.2) is 17.7 Å². The highest BCUT2D eigenvalue weighted by Gasteiger charge is 2.15. The maximum atomic E-state index is 11.4. The number of halogens is 2. The van der Waals surface area contributed by atoms with E-state index in [1.807, 2.05) is 12.1 Å². The van der Waals surface area contributed by atoms with E-state index in [0.717, 1.165) is 11.1 Å². The first-order valence-electron chi connectivity index (χ1n) is 6.69. The van der Waals surface area contributed by atoms with Gasteiger partial charge in [0.05, 0.1) is 5.02 Å². The van der Waals surface area contributed by atoms with Gasteiger partial charge in [-0.1, -0.05) is 23.2 Å². The van der Waals surface area contributed by atoms with Crippen LogP contribution in [0, 0.1) is 0 Å². The lowest BCUT2D eigenvalue weighted by molar-refractivity contribution is -0.128. The molecular weight excluding hydrogens is 311 g/mol. The Morgan fingerprint density at radius 2 is 2.14 bits per heavy atom. The SMILES string of the molecule is CN(C)C(=O)CCNCC1=Cc2cc(Cl)cc(Cl)c2OC1. The summed E-state index contributed by atoms with van der Waals surface area (Å²) in [5.74, 6) is 0.785. The number of hydrogen-bond acceptors (Lipinski definition) is 3. The van der Waals surface area contributed by atoms with Gasteiger partial charge in [-0.15, -0.1) is 0 Å². The third-order valence-corrected chi connectivity index (χ3v) is 3.66. The third kappa shape index (κ3) is 4.37. The minimum absolute atomic E-state index is 0.111. The number of amides is 1. The lowest BCUT2D eigenvalue weighted by Crippen LogP contribution is -2.28. The van der Waals surface area contributed by atoms with Crippen LogP contribution in [0.4, 0.5) is 0 Å². The van der Waals surface area contributed by atoms with Crippen molar-refractivity contribution in [2.45, 2.75) is 6.42 Å². The van der Waals surface area contributed by atoms with E-state index < -0.39 is 0 Å². The number of nitrogens with one attached hydrogen (secondary N) is 1. The van der Waals surface area contributed by atoms with E-state index in [2.05, 4.69) is 5.32 Å². The molecule has 1 aromatic carbocycles. The van der Waals surface area contributed by atoms with Gasteiger partial charge in [-0.3, -0.25) is 4.79 Å². The van der Waals surface area contributed by atoms with Crippen LogP contribution in [-0.4, -0.2) is 44.6 Å². The fraction of sp³-hybridized carbons (Fsp3) is 0.400. The van der Waals surface area contributed by atoms with Crippen LogP contribution in [0.3, 0.4) is 0 Å². The maximum absolute atomic E-state index is 11.4. The van der Waals surface area contributed by atoms with Crippen molar-refractivity contribution < 1.29 is 9.53 Å². The number of carbonyl (C=O) groups is 1. The summed E-state index contributed by atoms with van der Waals surface area (Å²) in [5.41, 5.74) is 1.98. The molecule has 1 aliphatic rings. The number of rotatable bonds is 5. The van der Waals surface area contributed by atoms with E-state index in [-0.39, 0.29) is 5.91 Å². The van der Waals surface area contributed by atoms with Gasteiger partial charge in [0, 0.05) is 44.2 Å². The molecule has 4 nitrogen and oxygen atoms in total. The van der Waals surface area contributed by atoms with Gasteiger partial charge in [0.25, 0.3) is 0 Å². The topological polar surface area (TPSA) is 41.6 Å². The van der Waals surface area contributed by atoms with Crippen LogP contribution >= 0.6 is 23.2 Å². The predicted molar refractivity (Wildman–Crippen MR) is 86.1 cm³/mol. The molecule has 0 saturated heterocycles. The minimum Gasteiger partial charge on any atom is -0.487 e. The van der Waals surface area contributed by atoms with E-state index in [1.54, 1.807) is 25.1 Å². The molecule has 6 heteroatoms. The normalized spacial score (nSPS) is 13.2. The molecule has 0 saturated carbocycles. The molecule has 1 heterocycles. The standard InChI is InChI=1S/C15H18Cl2N2O2/c1-19(2)14(20)3-4-18-8-10-5-11-6-12(16)7-13(17)15(11)21-9-10/h5-7,18H,3-4,8-9H2,1-2H3. The number of fused-ring (bicyclic) bond motifs is 1. The Bertz CT molecular complexity index is 571. The molecule has 0 bridgehead atoms. The Balaban J connectivity index is 1.91. The Kier molecular flexibility index (Phi) is 5.51. The van der Waals surface area contributed by atoms with Crippen LogP contribution < -0.4 is 10.1 Å². The van der Waals surface area contributed by atoms with Crippen molar-refractivity contribution in [2.75, 3.05) is 33.8 Å². The Morgan fingerprint density at radius 1 is 1.38 bits per heavy atom. The van der Waals surface area contributed by atoms with Crippen molar-refractivity contribution in [2.24, 2.45) is 0 Å². The number of carbonyl (C=O) groups excluding carboxylic acids is 1. The molecule has 0 unspecified atom stereocenters. The molecule has 0 fully saturated rings. The van der Waals surface area contributed by atoms with Gasteiger partial charge in [0.1, 0.15) is 12.4 Å². The lowest BCUT2D eigenvalue weighted by Gasteiger charge is -2.20. The van der Waals surface area contributed by atoms with Crippen molar-refractivity contribution >= 4 is 35.2 Å². The van der Waals surface area contributed by atoms with E-state index >= 15 is 0 Å². The molecule has 1 N–H and O–H groups in total. The van der Waals surface area contributed by atoms with Crippen molar-refractivity contribution in [3.8, 4) is 5.75 Å². The largest absolute Gasteiger partial charge is 0.487 e. The van der Waals surface area contributed by atoms with Gasteiger partial charge in [-0.05, 0) is 23.8 Å². The van der Waals surface area contributed by atoms with Crippen molar-refractivity contribution in [1.82, 2.24) is 10.2 Å². The highest BCUT2D eigenvalue weighted by molar-refractivity contribution is 6.36. The summed E-state index contributed by atoms with van der Waals surface area (Å²) in [6, 6.07) is 3.50. The van der Waals surface area contributed by atoms with Gasteiger partial charge in [0.15, 0.2) is 0 Å². The minimum atomic E-state index is 0.111. The molecular formula is C15H18Cl2N2O2. The van der Waals surface area contributed by atoms with Crippen LogP contribution in [-0.2, 0) is 4.79 Å². The third-order valence-electron chi connectivity index (χ3n) is 3.17. The molecule has 1 amide bonds. The Labute approximate surface area is 134 Å². The first-order valence-corrected chi connectivity index (χ1v) is 7.45. The average molecular weight is 329 g/mol. The Hall–Kier alpha value is -1.23. The molecule has 2 rings (SSSR count). The maximum Gasteiger partial charge on any atom is 0.223 e. The second-order valence-corrected chi connectivity index (χ2v) is 5.96. The second kappa shape index (κ2) is 7.16. The van der Waals surface area contributed by atoms with Gasteiger partial charge in [0.2, 0.25) is 5.91 Å². The first-order chi connectivity index (χ1) is 9.97. The second-order valence-electron chi connectivity index (χ2n) is 5.11. The summed E-state index contributed by atoms with van der Waals surface area (Å²) in [7, 11) is 3.51. The fourth-order valence-electron chi connectivity index (χ4n) is 2.04. The zero-order valence-corrected chi connectivity index (χ0v) is 13.6. The number of benzene rings is 1. The molecule has 0 spiro atoms. The van der Waals surface area contributed by atoms with Crippen LogP contribution in [0.1, 0.15) is 12.0 Å². The predicted octanol–water partition coefficient (Wildman–Crippen LogP) is 2.84. The van der Waals surface area contributed by atoms with E-state index in [1.165, 1.54) is 0 Å². The van der Waals surface area contributed by atoms with Crippen molar-refractivity contribution in [3.05, 3.63) is 33.3 Å². The Morgan fingerprint density at radius 3 is 2.86 bits per heavy atom. The van der Waals surface area contributed by atoms with E-state index in [0.29, 0.717) is 41.9 Å². The van der Waals surface area contributed by atoms with E-state index in [9.17, 15) is 4.79 Å². The first kappa shape index (κ1) is 16.1. The summed E-state index contributed by atoms with van der Waals surface area (Å²) in [4.78, 5) is 13.0. The molecule has 114 valence electrons. The molecule has 0 aromatic heterocycles. The summed E-state index contributed by atoms with van der Waals surface area (Å²) in [6.07, 6.45) is 2.51. The molecule has 0 radical (unpaired) electrons. The zero-order chi connectivity index (χ0) is 15.4. The van der Waals surface area contributed by atoms with Gasteiger partial charge < -0.3 is 15.0 Å². The number of hydrogen-bond donors (Lipinski definition) is 1. The number of nitrogens with zero attached hydrogens (tertiary/aromatic N) is 1. The molecule has 0 atom stereocenters. The van der Waals surface area contributed by atoms with Gasteiger partial charge in [-0.25, -0.2) is 0 Å². The molecule has 1 aliphatic heterocycles. The van der Waals surface area contributed by atoms with Crippen molar-refractivity contribution in [3.63, 3.8) is 0 Å². The summed E-state index contributed by atoms with van der Waals surface area (Å²) in [6.45, 7) is 1.80. The molecule has 1 aromatic rings. The van der Waals surface area contributed by atoms with Gasteiger partial charge in [-0.2, -0.15) is 0 Å². The average Bonchev–Trinajstić information content (AvgIpc) is 2.42. The zero-order valence-electron chi connectivity index (χ0n) is 12.1. The fourth-order valence-corrected chi connectivity index (χ4v) is 2.60.